The molecule has 0 spiro atoms. The summed E-state index contributed by atoms with van der Waals surface area (Å²) < 4.78 is 30.4. The number of halogens is 3. The van der Waals surface area contributed by atoms with Crippen LogP contribution in [0.4, 0.5) is 8.78 Å². The number of rotatable bonds is 2. The largest absolute Gasteiger partial charge is 0.491 e. The maximum Gasteiger partial charge on any atom is 0.186 e. The number of benzene rings is 1. The van der Waals surface area contributed by atoms with Crippen molar-refractivity contribution in [2.24, 2.45) is 0 Å². The molecule has 12 heavy (non-hydrogen) atoms. The van der Waals surface area contributed by atoms with E-state index in [1.807, 2.05) is 0 Å². The molecule has 0 atom stereocenters. The van der Waals surface area contributed by atoms with Crippen molar-refractivity contribution in [2.75, 3.05) is 6.61 Å². The summed E-state index contributed by atoms with van der Waals surface area (Å²) in [7, 11) is 0. The Kier molecular flexibility index (Phi) is 2.87. The summed E-state index contributed by atoms with van der Waals surface area (Å²) in [6.45, 7) is 2.02. The standard InChI is InChI=1S/C8H7ClF2O/c1-2-12-6-4-3-5(10)7(9)8(6)11/h3-4H,2H2,1H3. The molecular weight excluding hydrogens is 186 g/mol. The Balaban J connectivity index is 3.08. The van der Waals surface area contributed by atoms with E-state index in [0.29, 0.717) is 6.61 Å². The number of hydrogen-bond donors (Lipinski definition) is 0. The third-order valence-corrected chi connectivity index (χ3v) is 1.65. The maximum absolute atomic E-state index is 13.0. The molecule has 0 bridgehead atoms. The molecule has 0 unspecified atom stereocenters. The molecule has 0 heterocycles. The van der Waals surface area contributed by atoms with Gasteiger partial charge in [0.05, 0.1) is 6.61 Å². The molecule has 0 aromatic heterocycles. The monoisotopic (exact) mass is 192 g/mol. The molecule has 0 saturated carbocycles. The van der Waals surface area contributed by atoms with Crippen LogP contribution in [0, 0.1) is 11.6 Å². The van der Waals surface area contributed by atoms with Crippen LogP contribution in [0.25, 0.3) is 0 Å². The predicted octanol–water partition coefficient (Wildman–Crippen LogP) is 3.02. The first-order valence-electron chi connectivity index (χ1n) is 3.43. The summed E-state index contributed by atoms with van der Waals surface area (Å²) in [4.78, 5) is 0. The minimum atomic E-state index is -0.849. The van der Waals surface area contributed by atoms with Crippen LogP contribution < -0.4 is 4.74 Å². The Bertz CT molecular complexity index is 289. The first kappa shape index (κ1) is 9.26. The van der Waals surface area contributed by atoms with E-state index in [9.17, 15) is 8.78 Å². The first-order valence-corrected chi connectivity index (χ1v) is 3.81. The molecule has 0 amide bonds. The molecule has 0 aliphatic heterocycles. The van der Waals surface area contributed by atoms with Crippen molar-refractivity contribution in [3.8, 4) is 5.75 Å². The van der Waals surface area contributed by atoms with Gasteiger partial charge in [0.25, 0.3) is 0 Å². The van der Waals surface area contributed by atoms with Crippen molar-refractivity contribution >= 4 is 11.6 Å². The van der Waals surface area contributed by atoms with E-state index in [-0.39, 0.29) is 5.75 Å². The molecule has 1 nitrogen and oxygen atoms in total. The maximum atomic E-state index is 13.0. The van der Waals surface area contributed by atoms with Gasteiger partial charge in [0.15, 0.2) is 11.6 Å². The van der Waals surface area contributed by atoms with Gasteiger partial charge >= 0.3 is 0 Å². The van der Waals surface area contributed by atoms with Gasteiger partial charge in [0.1, 0.15) is 10.8 Å². The van der Waals surface area contributed by atoms with Crippen LogP contribution in [0.2, 0.25) is 5.02 Å². The molecule has 1 aromatic carbocycles. The van der Waals surface area contributed by atoms with Crippen molar-refractivity contribution in [1.29, 1.82) is 0 Å². The van der Waals surface area contributed by atoms with E-state index in [4.69, 9.17) is 16.3 Å². The third-order valence-electron chi connectivity index (χ3n) is 1.30. The quantitative estimate of drug-likeness (QED) is 0.655. The lowest BCUT2D eigenvalue weighted by molar-refractivity contribution is 0.320. The zero-order chi connectivity index (χ0) is 9.14. The fourth-order valence-corrected chi connectivity index (χ4v) is 0.931. The average Bonchev–Trinajstić information content (AvgIpc) is 2.07. The zero-order valence-electron chi connectivity index (χ0n) is 6.40. The molecule has 1 aromatic rings. The lowest BCUT2D eigenvalue weighted by atomic mass is 10.3. The van der Waals surface area contributed by atoms with Crippen LogP contribution in [0.15, 0.2) is 12.1 Å². The molecule has 0 radical (unpaired) electrons. The van der Waals surface area contributed by atoms with Crippen molar-refractivity contribution in [3.63, 3.8) is 0 Å². The minimum Gasteiger partial charge on any atom is -0.491 e. The van der Waals surface area contributed by atoms with Crippen molar-refractivity contribution in [2.45, 2.75) is 6.92 Å². The summed E-state index contributed by atoms with van der Waals surface area (Å²) in [5.41, 5.74) is 0. The van der Waals surface area contributed by atoms with Crippen LogP contribution in [0.5, 0.6) is 5.75 Å². The van der Waals surface area contributed by atoms with Crippen LogP contribution in [-0.4, -0.2) is 6.61 Å². The van der Waals surface area contributed by atoms with E-state index in [2.05, 4.69) is 0 Å². The molecular formula is C8H7ClF2O. The fourth-order valence-electron chi connectivity index (χ4n) is 0.775. The van der Waals surface area contributed by atoms with Gasteiger partial charge in [-0.3, -0.25) is 0 Å². The highest BCUT2D eigenvalue weighted by Crippen LogP contribution is 2.26. The molecule has 66 valence electrons. The Labute approximate surface area is 73.9 Å². The van der Waals surface area contributed by atoms with Gasteiger partial charge in [-0.15, -0.1) is 0 Å². The average molecular weight is 193 g/mol. The second kappa shape index (κ2) is 3.72. The van der Waals surface area contributed by atoms with Crippen molar-refractivity contribution in [3.05, 3.63) is 28.8 Å². The molecule has 1 rings (SSSR count). The molecule has 0 N–H and O–H groups in total. The smallest absolute Gasteiger partial charge is 0.186 e. The van der Waals surface area contributed by atoms with Gasteiger partial charge in [0.2, 0.25) is 0 Å². The third kappa shape index (κ3) is 1.67. The Morgan fingerprint density at radius 3 is 2.67 bits per heavy atom. The topological polar surface area (TPSA) is 9.23 Å². The van der Waals surface area contributed by atoms with E-state index in [1.54, 1.807) is 6.92 Å². The summed E-state index contributed by atoms with van der Waals surface area (Å²) in [6.07, 6.45) is 0. The predicted molar refractivity (Wildman–Crippen MR) is 42.5 cm³/mol. The highest BCUT2D eigenvalue weighted by molar-refractivity contribution is 6.31. The van der Waals surface area contributed by atoms with Crippen molar-refractivity contribution < 1.29 is 13.5 Å². The molecule has 0 aliphatic rings. The second-order valence-electron chi connectivity index (χ2n) is 2.11. The Hall–Kier alpha value is -0.830. The van der Waals surface area contributed by atoms with Crippen molar-refractivity contribution in [1.82, 2.24) is 0 Å². The second-order valence-corrected chi connectivity index (χ2v) is 2.48. The fraction of sp³-hybridized carbons (Fsp3) is 0.250. The Morgan fingerprint density at radius 1 is 1.42 bits per heavy atom. The number of ether oxygens (including phenoxy) is 1. The van der Waals surface area contributed by atoms with E-state index < -0.39 is 16.7 Å². The summed E-state index contributed by atoms with van der Waals surface area (Å²) in [5.74, 6) is -1.65. The molecule has 0 saturated heterocycles. The summed E-state index contributed by atoms with van der Waals surface area (Å²) in [5, 5.41) is -0.527. The van der Waals surface area contributed by atoms with Gasteiger partial charge in [-0.2, -0.15) is 0 Å². The summed E-state index contributed by atoms with van der Waals surface area (Å²) in [6, 6.07) is 2.27. The summed E-state index contributed by atoms with van der Waals surface area (Å²) >= 11 is 5.29. The van der Waals surface area contributed by atoms with Gasteiger partial charge in [-0.05, 0) is 19.1 Å². The lowest BCUT2D eigenvalue weighted by Gasteiger charge is -2.05. The van der Waals surface area contributed by atoms with E-state index in [0.717, 1.165) is 6.07 Å². The van der Waals surface area contributed by atoms with Crippen LogP contribution in [0.1, 0.15) is 6.92 Å². The first-order chi connectivity index (χ1) is 5.66. The van der Waals surface area contributed by atoms with Crippen LogP contribution >= 0.6 is 11.6 Å². The Morgan fingerprint density at radius 2 is 2.08 bits per heavy atom. The SMILES string of the molecule is CCOc1ccc(F)c(Cl)c1F. The van der Waals surface area contributed by atoms with Gasteiger partial charge in [0, 0.05) is 0 Å². The highest BCUT2D eigenvalue weighted by Gasteiger charge is 2.11. The molecule has 0 aliphatic carbocycles. The highest BCUT2D eigenvalue weighted by atomic mass is 35.5. The minimum absolute atomic E-state index is 0.0242. The van der Waals surface area contributed by atoms with Crippen LogP contribution in [-0.2, 0) is 0 Å². The molecule has 4 heteroatoms. The van der Waals surface area contributed by atoms with Gasteiger partial charge in [-0.1, -0.05) is 11.6 Å². The van der Waals surface area contributed by atoms with E-state index in [1.165, 1.54) is 6.07 Å². The number of hydrogen-bond acceptors (Lipinski definition) is 1. The van der Waals surface area contributed by atoms with E-state index >= 15 is 0 Å². The lowest BCUT2D eigenvalue weighted by Crippen LogP contribution is -1.96. The normalized spacial score (nSPS) is 10.0. The van der Waals surface area contributed by atoms with Gasteiger partial charge < -0.3 is 4.74 Å². The van der Waals surface area contributed by atoms with Crippen LogP contribution in [0.3, 0.4) is 0 Å². The van der Waals surface area contributed by atoms with Gasteiger partial charge in [-0.25, -0.2) is 8.78 Å². The molecule has 0 fully saturated rings. The zero-order valence-corrected chi connectivity index (χ0v) is 7.16.